The first-order valence-corrected chi connectivity index (χ1v) is 9.85. The maximum Gasteiger partial charge on any atom is 0.223 e. The van der Waals surface area contributed by atoms with Crippen molar-refractivity contribution in [1.29, 1.82) is 0 Å². The molecule has 0 unspecified atom stereocenters. The highest BCUT2D eigenvalue weighted by atomic mass is 32.2. The van der Waals surface area contributed by atoms with Crippen molar-refractivity contribution in [2.45, 2.75) is 57.2 Å². The number of likely N-dealkylation sites (tertiary alicyclic amines) is 1. The lowest BCUT2D eigenvalue weighted by molar-refractivity contribution is -0.138. The van der Waals surface area contributed by atoms with Crippen molar-refractivity contribution in [3.63, 3.8) is 0 Å². The fourth-order valence-corrected chi connectivity index (χ4v) is 4.74. The Bertz CT molecular complexity index is 681. The Morgan fingerprint density at radius 1 is 1.35 bits per heavy atom. The van der Waals surface area contributed by atoms with Gasteiger partial charge in [-0.2, -0.15) is 0 Å². The topological polar surface area (TPSA) is 84.3 Å². The Labute approximate surface area is 137 Å². The number of rotatable bonds is 6. The molecule has 3 rings (SSSR count). The van der Waals surface area contributed by atoms with Crippen LogP contribution in [0.25, 0.3) is 0 Å². The molecular formula is C15H24N4O3S. The molecule has 2 heterocycles. The summed E-state index contributed by atoms with van der Waals surface area (Å²) in [5.41, 5.74) is 0.883. The number of carbonyl (C=O) groups is 1. The predicted octanol–water partition coefficient (Wildman–Crippen LogP) is 0.944. The van der Waals surface area contributed by atoms with E-state index in [1.807, 2.05) is 23.4 Å². The number of carbonyl (C=O) groups excluding carboxylic acids is 1. The number of nitrogens with zero attached hydrogens (tertiary/aromatic N) is 3. The average molecular weight is 340 g/mol. The van der Waals surface area contributed by atoms with Gasteiger partial charge < -0.3 is 9.47 Å². The Morgan fingerprint density at radius 3 is 2.65 bits per heavy atom. The Kier molecular flexibility index (Phi) is 4.46. The molecule has 0 aromatic carbocycles. The van der Waals surface area contributed by atoms with E-state index in [0.717, 1.165) is 18.5 Å². The lowest BCUT2D eigenvalue weighted by atomic mass is 9.93. The van der Waals surface area contributed by atoms with Gasteiger partial charge in [-0.25, -0.2) is 18.1 Å². The maximum absolute atomic E-state index is 12.4. The third-order valence-corrected chi connectivity index (χ3v) is 6.15. The van der Waals surface area contributed by atoms with Crippen LogP contribution in [0.1, 0.15) is 50.8 Å². The van der Waals surface area contributed by atoms with Crippen LogP contribution in [-0.4, -0.2) is 46.6 Å². The number of hydrogen-bond acceptors (Lipinski definition) is 4. The Morgan fingerprint density at radius 2 is 2.09 bits per heavy atom. The van der Waals surface area contributed by atoms with Crippen LogP contribution in [-0.2, 0) is 21.9 Å². The molecule has 1 aromatic heterocycles. The summed E-state index contributed by atoms with van der Waals surface area (Å²) in [6, 6.07) is -0.330. The molecule has 2 atom stereocenters. The first kappa shape index (κ1) is 16.4. The van der Waals surface area contributed by atoms with Crippen molar-refractivity contribution >= 4 is 15.9 Å². The molecule has 128 valence electrons. The van der Waals surface area contributed by atoms with E-state index in [9.17, 15) is 13.2 Å². The number of aromatic nitrogens is 2. The van der Waals surface area contributed by atoms with Crippen molar-refractivity contribution in [2.24, 2.45) is 7.05 Å². The molecule has 0 bridgehead atoms. The van der Waals surface area contributed by atoms with Crippen molar-refractivity contribution in [2.75, 3.05) is 5.75 Å². The van der Waals surface area contributed by atoms with E-state index >= 15 is 0 Å². The van der Waals surface area contributed by atoms with Gasteiger partial charge in [0.2, 0.25) is 15.9 Å². The lowest BCUT2D eigenvalue weighted by Crippen LogP contribution is -2.53. The van der Waals surface area contributed by atoms with Crippen molar-refractivity contribution in [1.82, 2.24) is 19.2 Å². The lowest BCUT2D eigenvalue weighted by Gasteiger charge is -2.41. The first-order chi connectivity index (χ1) is 10.9. The summed E-state index contributed by atoms with van der Waals surface area (Å²) in [5.74, 6) is 0.226. The van der Waals surface area contributed by atoms with Crippen LogP contribution in [0.15, 0.2) is 12.5 Å². The summed E-state index contributed by atoms with van der Waals surface area (Å²) in [6.07, 6.45) is 6.91. The van der Waals surface area contributed by atoms with Gasteiger partial charge in [0.1, 0.15) is 0 Å². The van der Waals surface area contributed by atoms with E-state index in [1.165, 1.54) is 0 Å². The molecule has 0 spiro atoms. The minimum absolute atomic E-state index is 0.110. The smallest absolute Gasteiger partial charge is 0.223 e. The minimum Gasteiger partial charge on any atom is -0.336 e. The Balaban J connectivity index is 1.93. The number of piperidine rings is 1. The van der Waals surface area contributed by atoms with Crippen molar-refractivity contribution in [3.8, 4) is 0 Å². The van der Waals surface area contributed by atoms with Crippen LogP contribution < -0.4 is 4.72 Å². The summed E-state index contributed by atoms with van der Waals surface area (Å²) in [7, 11) is -1.45. The molecule has 1 aromatic rings. The summed E-state index contributed by atoms with van der Waals surface area (Å²) >= 11 is 0. The molecule has 1 aliphatic carbocycles. The summed E-state index contributed by atoms with van der Waals surface area (Å²) in [5, 5.41) is 0. The van der Waals surface area contributed by atoms with Crippen LogP contribution >= 0.6 is 0 Å². The van der Waals surface area contributed by atoms with E-state index in [0.29, 0.717) is 19.3 Å². The van der Waals surface area contributed by atoms with Gasteiger partial charge in [-0.05, 0) is 25.7 Å². The van der Waals surface area contributed by atoms with Gasteiger partial charge >= 0.3 is 0 Å². The number of hydrogen-bond donors (Lipinski definition) is 1. The van der Waals surface area contributed by atoms with Crippen LogP contribution in [0.5, 0.6) is 0 Å². The average Bonchev–Trinajstić information content (AvgIpc) is 3.22. The van der Waals surface area contributed by atoms with E-state index < -0.39 is 10.0 Å². The molecule has 1 amide bonds. The molecule has 1 saturated carbocycles. The van der Waals surface area contributed by atoms with Crippen molar-refractivity contribution in [3.05, 3.63) is 18.2 Å². The van der Waals surface area contributed by atoms with Gasteiger partial charge in [-0.15, -0.1) is 0 Å². The summed E-state index contributed by atoms with van der Waals surface area (Å²) < 4.78 is 29.2. The van der Waals surface area contributed by atoms with Crippen LogP contribution in [0.2, 0.25) is 0 Å². The quantitative estimate of drug-likeness (QED) is 0.835. The van der Waals surface area contributed by atoms with Gasteiger partial charge in [0.05, 0.1) is 30.0 Å². The normalized spacial score (nSPS) is 25.8. The largest absolute Gasteiger partial charge is 0.336 e. The highest BCUT2D eigenvalue weighted by molar-refractivity contribution is 7.89. The molecule has 8 heteroatoms. The molecule has 2 aliphatic rings. The highest BCUT2D eigenvalue weighted by Crippen LogP contribution is 2.40. The molecule has 23 heavy (non-hydrogen) atoms. The van der Waals surface area contributed by atoms with Gasteiger partial charge in [0.15, 0.2) is 0 Å². The first-order valence-electron chi connectivity index (χ1n) is 8.20. The fourth-order valence-electron chi connectivity index (χ4n) is 3.38. The van der Waals surface area contributed by atoms with Crippen LogP contribution in [0, 0.1) is 0 Å². The molecule has 0 radical (unpaired) electrons. The van der Waals surface area contributed by atoms with E-state index in [4.69, 9.17) is 0 Å². The van der Waals surface area contributed by atoms with Gasteiger partial charge in [0, 0.05) is 25.6 Å². The number of imidazole rings is 1. The standard InChI is InChI=1S/C15H24N4O3S/c1-3-8-23(21,22)17-12-6-7-14(20)19(11-4-5-11)15(12)13-9-16-10-18(13)2/h9-12,15,17H,3-8H2,1-2H3/t12-,15-/m1/s1. The fraction of sp³-hybridized carbons (Fsp3) is 0.733. The molecule has 1 saturated heterocycles. The zero-order chi connectivity index (χ0) is 16.6. The summed E-state index contributed by atoms with van der Waals surface area (Å²) in [6.45, 7) is 1.85. The van der Waals surface area contributed by atoms with Gasteiger partial charge in [0.25, 0.3) is 0 Å². The SMILES string of the molecule is CCCS(=O)(=O)N[C@@H]1CCC(=O)N(C2CC2)[C@H]1c1cncn1C. The van der Waals surface area contributed by atoms with Crippen LogP contribution in [0.4, 0.5) is 0 Å². The monoisotopic (exact) mass is 340 g/mol. The van der Waals surface area contributed by atoms with E-state index in [2.05, 4.69) is 9.71 Å². The molecule has 2 fully saturated rings. The van der Waals surface area contributed by atoms with Crippen molar-refractivity contribution < 1.29 is 13.2 Å². The van der Waals surface area contributed by atoms with Gasteiger partial charge in [-0.1, -0.05) is 6.92 Å². The zero-order valence-electron chi connectivity index (χ0n) is 13.6. The molecular weight excluding hydrogens is 316 g/mol. The van der Waals surface area contributed by atoms with E-state index in [-0.39, 0.29) is 29.8 Å². The second-order valence-electron chi connectivity index (χ2n) is 6.49. The zero-order valence-corrected chi connectivity index (χ0v) is 14.4. The number of aryl methyl sites for hydroxylation is 1. The Hall–Kier alpha value is -1.41. The van der Waals surface area contributed by atoms with Crippen LogP contribution in [0.3, 0.4) is 0 Å². The van der Waals surface area contributed by atoms with E-state index in [1.54, 1.807) is 12.5 Å². The number of amides is 1. The molecule has 1 aliphatic heterocycles. The maximum atomic E-state index is 12.4. The van der Waals surface area contributed by atoms with Gasteiger partial charge in [-0.3, -0.25) is 4.79 Å². The number of nitrogens with one attached hydrogen (secondary N) is 1. The highest BCUT2D eigenvalue weighted by Gasteiger charge is 2.46. The summed E-state index contributed by atoms with van der Waals surface area (Å²) in [4.78, 5) is 18.5. The third-order valence-electron chi connectivity index (χ3n) is 4.54. The minimum atomic E-state index is -3.33. The second-order valence-corrected chi connectivity index (χ2v) is 8.36. The molecule has 1 N–H and O–H groups in total. The molecule has 7 nitrogen and oxygen atoms in total. The number of sulfonamides is 1. The predicted molar refractivity (Wildman–Crippen MR) is 86.1 cm³/mol. The second kappa shape index (κ2) is 6.24. The third kappa shape index (κ3) is 3.42.